The molecule has 0 saturated carbocycles. The highest BCUT2D eigenvalue weighted by Crippen LogP contribution is 2.23. The Bertz CT molecular complexity index is 1110. The van der Waals surface area contributed by atoms with Gasteiger partial charge >= 0.3 is 6.09 Å². The molecule has 182 valence electrons. The minimum atomic E-state index is -0.457. The second-order valence-corrected chi connectivity index (χ2v) is 9.08. The van der Waals surface area contributed by atoms with Crippen molar-refractivity contribution in [3.05, 3.63) is 101 Å². The Morgan fingerprint density at radius 1 is 0.971 bits per heavy atom. The molecular formula is C29H32N2O4. The van der Waals surface area contributed by atoms with Gasteiger partial charge in [0.05, 0.1) is 6.04 Å². The maximum Gasteiger partial charge on any atom is 0.407 e. The molecule has 2 N–H and O–H groups in total. The number of para-hydroxylation sites is 1. The van der Waals surface area contributed by atoms with Crippen molar-refractivity contribution in [3.63, 3.8) is 0 Å². The van der Waals surface area contributed by atoms with Gasteiger partial charge < -0.3 is 20.1 Å². The van der Waals surface area contributed by atoms with Crippen LogP contribution in [0.25, 0.3) is 0 Å². The first-order valence-corrected chi connectivity index (χ1v) is 12.0. The SMILES string of the molecule is Cc1cccc(C)c1OCC(=O)N[C@@H](Cc1ccccc1)[C@@H]1C[C@H](Cc2ccccc2)NC(=O)O1. The molecule has 3 atom stereocenters. The molecular weight excluding hydrogens is 440 g/mol. The first kappa shape index (κ1) is 24.3. The second kappa shape index (κ2) is 11.6. The van der Waals surface area contributed by atoms with Gasteiger partial charge in [-0.25, -0.2) is 4.79 Å². The summed E-state index contributed by atoms with van der Waals surface area (Å²) < 4.78 is 11.5. The summed E-state index contributed by atoms with van der Waals surface area (Å²) in [7, 11) is 0. The molecule has 0 aliphatic carbocycles. The number of hydrogen-bond donors (Lipinski definition) is 2. The summed E-state index contributed by atoms with van der Waals surface area (Å²) in [6.07, 6.45) is 0.930. The first-order chi connectivity index (χ1) is 17.0. The number of rotatable bonds is 9. The van der Waals surface area contributed by atoms with E-state index in [9.17, 15) is 9.59 Å². The molecule has 3 aromatic carbocycles. The van der Waals surface area contributed by atoms with Gasteiger partial charge in [-0.2, -0.15) is 0 Å². The molecule has 6 heteroatoms. The zero-order valence-electron chi connectivity index (χ0n) is 20.2. The molecule has 1 aliphatic heterocycles. The summed E-state index contributed by atoms with van der Waals surface area (Å²) in [5.41, 5.74) is 4.16. The van der Waals surface area contributed by atoms with Crippen LogP contribution in [0.3, 0.4) is 0 Å². The van der Waals surface area contributed by atoms with Crippen molar-refractivity contribution in [1.82, 2.24) is 10.6 Å². The van der Waals surface area contributed by atoms with Crippen LogP contribution in [0.4, 0.5) is 4.79 Å². The predicted molar refractivity (Wildman–Crippen MR) is 135 cm³/mol. The van der Waals surface area contributed by atoms with E-state index in [1.807, 2.05) is 92.7 Å². The van der Waals surface area contributed by atoms with Crippen LogP contribution in [0, 0.1) is 13.8 Å². The van der Waals surface area contributed by atoms with Gasteiger partial charge in [-0.1, -0.05) is 78.9 Å². The standard InChI is InChI=1S/C29H32N2O4/c1-20-10-9-11-21(2)28(20)34-19-27(32)31-25(17-23-14-7-4-8-15-23)26-18-24(30-29(33)35-26)16-22-12-5-3-6-13-22/h3-15,24-26H,16-19H2,1-2H3,(H,30,33)(H,31,32)/t24-,25-,26-/m0/s1. The highest BCUT2D eigenvalue weighted by molar-refractivity contribution is 5.78. The third-order valence-corrected chi connectivity index (χ3v) is 6.27. The van der Waals surface area contributed by atoms with Crippen LogP contribution < -0.4 is 15.4 Å². The molecule has 35 heavy (non-hydrogen) atoms. The fourth-order valence-electron chi connectivity index (χ4n) is 4.56. The molecule has 0 aromatic heterocycles. The number of benzene rings is 3. The van der Waals surface area contributed by atoms with Crippen LogP contribution in [-0.4, -0.2) is 36.8 Å². The molecule has 1 heterocycles. The lowest BCUT2D eigenvalue weighted by molar-refractivity contribution is -0.125. The normalized spacial score (nSPS) is 18.2. The Labute approximate surface area is 206 Å². The third kappa shape index (κ3) is 6.85. The summed E-state index contributed by atoms with van der Waals surface area (Å²) >= 11 is 0. The number of carbonyl (C=O) groups is 2. The second-order valence-electron chi connectivity index (χ2n) is 9.08. The minimum Gasteiger partial charge on any atom is -0.483 e. The molecule has 2 amide bonds. The molecule has 6 nitrogen and oxygen atoms in total. The van der Waals surface area contributed by atoms with Crippen LogP contribution in [-0.2, 0) is 22.4 Å². The van der Waals surface area contributed by atoms with E-state index in [1.54, 1.807) is 0 Å². The van der Waals surface area contributed by atoms with E-state index in [0.29, 0.717) is 19.3 Å². The lowest BCUT2D eigenvalue weighted by atomic mass is 9.92. The van der Waals surface area contributed by atoms with Crippen LogP contribution in [0.5, 0.6) is 5.75 Å². The van der Waals surface area contributed by atoms with Crippen LogP contribution in [0.1, 0.15) is 28.7 Å². The van der Waals surface area contributed by atoms with Crippen molar-refractivity contribution in [3.8, 4) is 5.75 Å². The van der Waals surface area contributed by atoms with Crippen molar-refractivity contribution in [2.45, 2.75) is 51.3 Å². The zero-order valence-corrected chi connectivity index (χ0v) is 20.2. The van der Waals surface area contributed by atoms with Gasteiger partial charge in [0, 0.05) is 12.5 Å². The number of ether oxygens (including phenoxy) is 2. The number of carbonyl (C=O) groups excluding carboxylic acids is 2. The lowest BCUT2D eigenvalue weighted by Crippen LogP contribution is -2.55. The van der Waals surface area contributed by atoms with Gasteiger partial charge in [0.25, 0.3) is 5.91 Å². The van der Waals surface area contributed by atoms with E-state index in [0.717, 1.165) is 28.0 Å². The number of amides is 2. The van der Waals surface area contributed by atoms with Crippen molar-refractivity contribution in [2.75, 3.05) is 6.61 Å². The summed E-state index contributed by atoms with van der Waals surface area (Å²) in [4.78, 5) is 25.4. The topological polar surface area (TPSA) is 76.7 Å². The molecule has 4 rings (SSSR count). The van der Waals surface area contributed by atoms with Gasteiger partial charge in [-0.05, 0) is 48.9 Å². The van der Waals surface area contributed by atoms with Crippen molar-refractivity contribution < 1.29 is 19.1 Å². The maximum absolute atomic E-state index is 12.9. The van der Waals surface area contributed by atoms with Gasteiger partial charge in [0.2, 0.25) is 0 Å². The summed E-state index contributed by atoms with van der Waals surface area (Å²) in [5.74, 6) is 0.473. The number of alkyl carbamates (subject to hydrolysis) is 1. The highest BCUT2D eigenvalue weighted by Gasteiger charge is 2.34. The third-order valence-electron chi connectivity index (χ3n) is 6.27. The van der Waals surface area contributed by atoms with E-state index < -0.39 is 12.2 Å². The van der Waals surface area contributed by atoms with Gasteiger partial charge in [0.1, 0.15) is 11.9 Å². The Kier molecular flexibility index (Phi) is 8.03. The van der Waals surface area contributed by atoms with E-state index in [4.69, 9.17) is 9.47 Å². The van der Waals surface area contributed by atoms with Gasteiger partial charge in [-0.3, -0.25) is 4.79 Å². The maximum atomic E-state index is 12.9. The van der Waals surface area contributed by atoms with E-state index in [2.05, 4.69) is 10.6 Å². The Morgan fingerprint density at radius 2 is 1.60 bits per heavy atom. The lowest BCUT2D eigenvalue weighted by Gasteiger charge is -2.35. The van der Waals surface area contributed by atoms with Crippen molar-refractivity contribution in [1.29, 1.82) is 0 Å². The molecule has 0 unspecified atom stereocenters. The summed E-state index contributed by atoms with van der Waals surface area (Å²) in [6, 6.07) is 25.4. The Balaban J connectivity index is 1.46. The number of nitrogens with one attached hydrogen (secondary N) is 2. The minimum absolute atomic E-state index is 0.0790. The average molecular weight is 473 g/mol. The van der Waals surface area contributed by atoms with Gasteiger partial charge in [-0.15, -0.1) is 0 Å². The van der Waals surface area contributed by atoms with Gasteiger partial charge in [0.15, 0.2) is 6.61 Å². The monoisotopic (exact) mass is 472 g/mol. The molecule has 1 fully saturated rings. The predicted octanol–water partition coefficient (Wildman–Crippen LogP) is 4.52. The van der Waals surface area contributed by atoms with E-state index in [-0.39, 0.29) is 24.6 Å². The van der Waals surface area contributed by atoms with Crippen LogP contribution in [0.15, 0.2) is 78.9 Å². The largest absolute Gasteiger partial charge is 0.483 e. The summed E-state index contributed by atoms with van der Waals surface area (Å²) in [6.45, 7) is 3.81. The number of aryl methyl sites for hydroxylation is 2. The smallest absolute Gasteiger partial charge is 0.407 e. The average Bonchev–Trinajstić information content (AvgIpc) is 2.84. The fraction of sp³-hybridized carbons (Fsp3) is 0.310. The quantitative estimate of drug-likeness (QED) is 0.480. The first-order valence-electron chi connectivity index (χ1n) is 12.0. The molecule has 1 saturated heterocycles. The zero-order chi connectivity index (χ0) is 24.6. The number of hydrogen-bond acceptors (Lipinski definition) is 4. The molecule has 0 bridgehead atoms. The Morgan fingerprint density at radius 3 is 2.26 bits per heavy atom. The molecule has 0 radical (unpaired) electrons. The van der Waals surface area contributed by atoms with E-state index >= 15 is 0 Å². The van der Waals surface area contributed by atoms with E-state index in [1.165, 1.54) is 0 Å². The highest BCUT2D eigenvalue weighted by atomic mass is 16.6. The van der Waals surface area contributed by atoms with Crippen LogP contribution in [0.2, 0.25) is 0 Å². The molecule has 1 aliphatic rings. The number of cyclic esters (lactones) is 1. The van der Waals surface area contributed by atoms with Crippen LogP contribution >= 0.6 is 0 Å². The summed E-state index contributed by atoms with van der Waals surface area (Å²) in [5, 5.41) is 6.01. The Hall–Kier alpha value is -3.80. The van der Waals surface area contributed by atoms with Crippen molar-refractivity contribution in [2.24, 2.45) is 0 Å². The fourth-order valence-corrected chi connectivity index (χ4v) is 4.56. The van der Waals surface area contributed by atoms with Crippen molar-refractivity contribution >= 4 is 12.0 Å². The molecule has 3 aromatic rings. The molecule has 0 spiro atoms.